The number of aryl methyl sites for hydroxylation is 1. The highest BCUT2D eigenvalue weighted by molar-refractivity contribution is 6.01. The molecular weight excluding hydrogens is 222 g/mol. The summed E-state index contributed by atoms with van der Waals surface area (Å²) in [6.45, 7) is 6.10. The summed E-state index contributed by atoms with van der Waals surface area (Å²) in [5.74, 6) is 0.318. The average molecular weight is 245 g/mol. The molecule has 1 unspecified atom stereocenters. The Morgan fingerprint density at radius 2 is 2.00 bits per heavy atom. The number of Topliss-reactive ketones (excluding diaryl/α,β-unsaturated/α-hetero) is 1. The van der Waals surface area contributed by atoms with Crippen molar-refractivity contribution in [2.24, 2.45) is 5.41 Å². The van der Waals surface area contributed by atoms with E-state index < -0.39 is 0 Å². The zero-order valence-corrected chi connectivity index (χ0v) is 11.5. The quantitative estimate of drug-likeness (QED) is 0.807. The number of benzene rings is 1. The first kappa shape index (κ1) is 13.3. The van der Waals surface area contributed by atoms with Crippen LogP contribution in [-0.2, 0) is 6.42 Å². The Kier molecular flexibility index (Phi) is 4.18. The molecule has 0 spiro atoms. The number of hydrogen-bond donors (Lipinski definition) is 1. The lowest BCUT2D eigenvalue weighted by molar-refractivity contribution is 0.0810. The van der Waals surface area contributed by atoms with Gasteiger partial charge in [0.05, 0.1) is 0 Å². The molecule has 1 aliphatic heterocycles. The Balaban J connectivity index is 2.17. The zero-order chi connectivity index (χ0) is 13.0. The number of nitrogens with one attached hydrogen (secondary N) is 1. The van der Waals surface area contributed by atoms with Crippen LogP contribution in [0.2, 0.25) is 0 Å². The van der Waals surface area contributed by atoms with E-state index >= 15 is 0 Å². The molecule has 0 saturated carbocycles. The van der Waals surface area contributed by atoms with E-state index in [0.29, 0.717) is 5.78 Å². The first-order chi connectivity index (χ1) is 8.72. The van der Waals surface area contributed by atoms with Gasteiger partial charge in [-0.1, -0.05) is 44.5 Å². The third-order valence-electron chi connectivity index (χ3n) is 4.16. The molecule has 0 aliphatic carbocycles. The summed E-state index contributed by atoms with van der Waals surface area (Å²) in [6, 6.07) is 8.21. The summed E-state index contributed by atoms with van der Waals surface area (Å²) in [5, 5.41) is 3.33. The lowest BCUT2D eigenvalue weighted by Gasteiger charge is -2.24. The number of hydrogen-bond acceptors (Lipinski definition) is 2. The fourth-order valence-corrected chi connectivity index (χ4v) is 2.82. The Bertz CT molecular complexity index is 402. The average Bonchev–Trinajstić information content (AvgIpc) is 2.89. The maximum Gasteiger partial charge on any atom is 0.170 e. The highest BCUT2D eigenvalue weighted by atomic mass is 16.1. The van der Waals surface area contributed by atoms with Gasteiger partial charge in [-0.15, -0.1) is 0 Å². The molecule has 1 atom stereocenters. The molecular formula is C16H23NO. The van der Waals surface area contributed by atoms with E-state index in [1.807, 2.05) is 12.1 Å². The minimum Gasteiger partial charge on any atom is -0.316 e. The van der Waals surface area contributed by atoms with Gasteiger partial charge in [-0.25, -0.2) is 0 Å². The van der Waals surface area contributed by atoms with Gasteiger partial charge in [0.25, 0.3) is 0 Å². The number of carbonyl (C=O) groups excluding carboxylic acids is 1. The van der Waals surface area contributed by atoms with Gasteiger partial charge in [0, 0.05) is 17.5 Å². The van der Waals surface area contributed by atoms with Crippen LogP contribution in [0.1, 0.15) is 49.0 Å². The predicted octanol–water partition coefficient (Wildman–Crippen LogP) is 3.21. The Morgan fingerprint density at radius 3 is 2.50 bits per heavy atom. The normalized spacial score (nSPS) is 23.2. The number of ketones is 1. The van der Waals surface area contributed by atoms with E-state index in [0.717, 1.165) is 44.3 Å². The molecule has 0 radical (unpaired) electrons. The first-order valence-electron chi connectivity index (χ1n) is 7.06. The fraction of sp³-hybridized carbons (Fsp3) is 0.562. The molecule has 2 nitrogen and oxygen atoms in total. The summed E-state index contributed by atoms with van der Waals surface area (Å²) < 4.78 is 0. The van der Waals surface area contributed by atoms with E-state index in [4.69, 9.17) is 0 Å². The van der Waals surface area contributed by atoms with Crippen LogP contribution in [0.4, 0.5) is 0 Å². The van der Waals surface area contributed by atoms with Gasteiger partial charge in [0.15, 0.2) is 5.78 Å². The molecule has 0 bridgehead atoms. The summed E-state index contributed by atoms with van der Waals surface area (Å²) >= 11 is 0. The van der Waals surface area contributed by atoms with Crippen LogP contribution >= 0.6 is 0 Å². The van der Waals surface area contributed by atoms with Gasteiger partial charge in [-0.2, -0.15) is 0 Å². The molecule has 1 aliphatic rings. The van der Waals surface area contributed by atoms with Crippen molar-refractivity contribution in [3.63, 3.8) is 0 Å². The Labute approximate surface area is 110 Å². The highest BCUT2D eigenvalue weighted by Gasteiger charge is 2.39. The molecule has 0 amide bonds. The first-order valence-corrected chi connectivity index (χ1v) is 7.06. The van der Waals surface area contributed by atoms with Crippen molar-refractivity contribution < 1.29 is 4.79 Å². The lowest BCUT2D eigenvalue weighted by atomic mass is 9.77. The van der Waals surface area contributed by atoms with Gasteiger partial charge in [0.2, 0.25) is 0 Å². The van der Waals surface area contributed by atoms with Crippen molar-refractivity contribution >= 4 is 5.78 Å². The van der Waals surface area contributed by atoms with Gasteiger partial charge >= 0.3 is 0 Å². The molecule has 18 heavy (non-hydrogen) atoms. The third-order valence-corrected chi connectivity index (χ3v) is 4.16. The van der Waals surface area contributed by atoms with Crippen LogP contribution in [0.15, 0.2) is 24.3 Å². The second kappa shape index (κ2) is 5.66. The Hall–Kier alpha value is -1.15. The lowest BCUT2D eigenvalue weighted by Crippen LogP contribution is -2.32. The maximum atomic E-state index is 12.6. The van der Waals surface area contributed by atoms with Crippen molar-refractivity contribution in [3.8, 4) is 0 Å². The van der Waals surface area contributed by atoms with Crippen molar-refractivity contribution in [2.45, 2.75) is 39.5 Å². The maximum absolute atomic E-state index is 12.6. The van der Waals surface area contributed by atoms with E-state index in [9.17, 15) is 4.79 Å². The van der Waals surface area contributed by atoms with Crippen LogP contribution in [-0.4, -0.2) is 18.9 Å². The van der Waals surface area contributed by atoms with Gasteiger partial charge in [-0.05, 0) is 31.4 Å². The van der Waals surface area contributed by atoms with E-state index in [2.05, 4.69) is 31.3 Å². The summed E-state index contributed by atoms with van der Waals surface area (Å²) in [4.78, 5) is 12.6. The number of rotatable bonds is 5. The minimum absolute atomic E-state index is 0.160. The van der Waals surface area contributed by atoms with Crippen molar-refractivity contribution in [2.75, 3.05) is 13.1 Å². The van der Waals surface area contributed by atoms with Crippen LogP contribution in [0.25, 0.3) is 0 Å². The van der Waals surface area contributed by atoms with E-state index in [-0.39, 0.29) is 5.41 Å². The molecule has 1 heterocycles. The largest absolute Gasteiger partial charge is 0.316 e. The molecule has 1 saturated heterocycles. The second-order valence-corrected chi connectivity index (χ2v) is 5.34. The predicted molar refractivity (Wildman–Crippen MR) is 75.0 cm³/mol. The topological polar surface area (TPSA) is 29.1 Å². The van der Waals surface area contributed by atoms with Crippen LogP contribution in [0, 0.1) is 5.41 Å². The Morgan fingerprint density at radius 1 is 1.28 bits per heavy atom. The SMILES string of the molecule is CCCc1ccc(C(=O)C2(CC)CCNC2)cc1. The smallest absolute Gasteiger partial charge is 0.170 e. The molecule has 1 fully saturated rings. The number of carbonyl (C=O) groups is 1. The molecule has 1 aromatic carbocycles. The zero-order valence-electron chi connectivity index (χ0n) is 11.5. The summed E-state index contributed by atoms with van der Waals surface area (Å²) in [7, 11) is 0. The molecule has 0 aromatic heterocycles. The molecule has 2 heteroatoms. The van der Waals surface area contributed by atoms with Crippen molar-refractivity contribution in [3.05, 3.63) is 35.4 Å². The summed E-state index contributed by atoms with van der Waals surface area (Å²) in [6.07, 6.45) is 4.14. The van der Waals surface area contributed by atoms with Gasteiger partial charge in [0.1, 0.15) is 0 Å². The van der Waals surface area contributed by atoms with Crippen LogP contribution in [0.3, 0.4) is 0 Å². The van der Waals surface area contributed by atoms with Crippen molar-refractivity contribution in [1.29, 1.82) is 0 Å². The molecule has 1 N–H and O–H groups in total. The van der Waals surface area contributed by atoms with Gasteiger partial charge < -0.3 is 5.32 Å². The third kappa shape index (κ3) is 2.49. The van der Waals surface area contributed by atoms with Crippen molar-refractivity contribution in [1.82, 2.24) is 5.32 Å². The second-order valence-electron chi connectivity index (χ2n) is 5.34. The highest BCUT2D eigenvalue weighted by Crippen LogP contribution is 2.33. The standard InChI is InChI=1S/C16H23NO/c1-3-5-13-6-8-14(9-7-13)15(18)16(4-2)10-11-17-12-16/h6-9,17H,3-5,10-12H2,1-2H3. The minimum atomic E-state index is -0.160. The molecule has 2 rings (SSSR count). The molecule has 98 valence electrons. The van der Waals surface area contributed by atoms with Crippen LogP contribution < -0.4 is 5.32 Å². The van der Waals surface area contributed by atoms with E-state index in [1.165, 1.54) is 5.56 Å². The molecule has 1 aromatic rings. The fourth-order valence-electron chi connectivity index (χ4n) is 2.82. The van der Waals surface area contributed by atoms with Crippen LogP contribution in [0.5, 0.6) is 0 Å². The van der Waals surface area contributed by atoms with E-state index in [1.54, 1.807) is 0 Å². The summed E-state index contributed by atoms with van der Waals surface area (Å²) in [5.41, 5.74) is 2.04. The van der Waals surface area contributed by atoms with Gasteiger partial charge in [-0.3, -0.25) is 4.79 Å². The monoisotopic (exact) mass is 245 g/mol.